The molecule has 0 aromatic carbocycles. The Bertz CT molecular complexity index is 48.9. The lowest BCUT2D eigenvalue weighted by molar-refractivity contribution is 0.433. The number of rotatable bonds is 5. The van der Waals surface area contributed by atoms with E-state index < -0.39 is 0 Å². The van der Waals surface area contributed by atoms with Gasteiger partial charge in [-0.25, -0.2) is 0 Å². The molecular weight excluding hydrogens is 112 g/mol. The lowest BCUT2D eigenvalue weighted by Gasteiger charge is -2.15. The van der Waals surface area contributed by atoms with E-state index in [1.165, 1.54) is 0 Å². The van der Waals surface area contributed by atoms with Crippen molar-refractivity contribution in [2.45, 2.75) is 33.4 Å². The molecule has 0 saturated carbocycles. The van der Waals surface area contributed by atoms with E-state index in [2.05, 4.69) is 31.4 Å². The van der Waals surface area contributed by atoms with Crippen LogP contribution >= 0.6 is 0 Å². The smallest absolute Gasteiger partial charge is 0.0568 e. The fourth-order valence-electron chi connectivity index (χ4n) is 0.854. The maximum atomic E-state index is 3.32. The second kappa shape index (κ2) is 6.05. The quantitative estimate of drug-likeness (QED) is 0.541. The van der Waals surface area contributed by atoms with Crippen molar-refractivity contribution in [1.82, 2.24) is 10.6 Å². The second-order valence-corrected chi connectivity index (χ2v) is 2.08. The summed E-state index contributed by atoms with van der Waals surface area (Å²) in [5.41, 5.74) is 0. The minimum Gasteiger partial charge on any atom is -0.302 e. The topological polar surface area (TPSA) is 24.1 Å². The van der Waals surface area contributed by atoms with Crippen molar-refractivity contribution in [3.8, 4) is 0 Å². The van der Waals surface area contributed by atoms with Gasteiger partial charge >= 0.3 is 0 Å². The summed E-state index contributed by atoms with van der Waals surface area (Å²) in [5.74, 6) is 0. The van der Waals surface area contributed by atoms with Crippen molar-refractivity contribution >= 4 is 0 Å². The van der Waals surface area contributed by atoms with Gasteiger partial charge in [-0.05, 0) is 19.5 Å². The monoisotopic (exact) mass is 130 g/mol. The van der Waals surface area contributed by atoms with Gasteiger partial charge in [0.2, 0.25) is 0 Å². The lowest BCUT2D eigenvalue weighted by Crippen LogP contribution is -2.41. The fourth-order valence-corrected chi connectivity index (χ4v) is 0.854. The predicted octanol–water partition coefficient (Wildman–Crippen LogP) is 0.942. The van der Waals surface area contributed by atoms with Crippen LogP contribution in [0.15, 0.2) is 0 Å². The average Bonchev–Trinajstić information content (AvgIpc) is 1.88. The summed E-state index contributed by atoms with van der Waals surface area (Å²) in [5, 5.41) is 6.64. The molecule has 9 heavy (non-hydrogen) atoms. The van der Waals surface area contributed by atoms with E-state index >= 15 is 0 Å². The maximum absolute atomic E-state index is 3.32. The second-order valence-electron chi connectivity index (χ2n) is 2.08. The molecule has 0 radical (unpaired) electrons. The third-order valence-corrected chi connectivity index (χ3v) is 1.31. The molecule has 0 aliphatic carbocycles. The van der Waals surface area contributed by atoms with Crippen LogP contribution in [-0.2, 0) is 0 Å². The average molecular weight is 130 g/mol. The van der Waals surface area contributed by atoms with Crippen LogP contribution in [-0.4, -0.2) is 19.3 Å². The standard InChI is InChI=1S/C7H18N2/c1-4-7(8-5-2)9-6-3/h7-9H,4-6H2,1-3H3. The third kappa shape index (κ3) is 4.43. The minimum absolute atomic E-state index is 0.514. The first-order chi connectivity index (χ1) is 4.35. The summed E-state index contributed by atoms with van der Waals surface area (Å²) in [4.78, 5) is 0. The zero-order valence-corrected chi connectivity index (χ0v) is 6.70. The van der Waals surface area contributed by atoms with E-state index in [1.807, 2.05) is 0 Å². The first kappa shape index (κ1) is 8.92. The molecule has 56 valence electrons. The van der Waals surface area contributed by atoms with Crippen molar-refractivity contribution in [3.63, 3.8) is 0 Å². The molecule has 0 saturated heterocycles. The van der Waals surface area contributed by atoms with E-state index in [1.54, 1.807) is 0 Å². The molecule has 2 N–H and O–H groups in total. The summed E-state index contributed by atoms with van der Waals surface area (Å²) < 4.78 is 0. The van der Waals surface area contributed by atoms with Crippen LogP contribution < -0.4 is 10.6 Å². The van der Waals surface area contributed by atoms with Gasteiger partial charge in [-0.15, -0.1) is 0 Å². The Morgan fingerprint density at radius 3 is 1.67 bits per heavy atom. The molecule has 2 nitrogen and oxygen atoms in total. The van der Waals surface area contributed by atoms with Crippen molar-refractivity contribution < 1.29 is 0 Å². The normalized spacial score (nSPS) is 10.7. The molecule has 0 aromatic rings. The van der Waals surface area contributed by atoms with Gasteiger partial charge in [0.1, 0.15) is 0 Å². The molecule has 0 unspecified atom stereocenters. The molecule has 0 atom stereocenters. The van der Waals surface area contributed by atoms with Gasteiger partial charge in [0.25, 0.3) is 0 Å². The van der Waals surface area contributed by atoms with E-state index in [0.717, 1.165) is 19.5 Å². The Kier molecular flexibility index (Phi) is 5.99. The van der Waals surface area contributed by atoms with Gasteiger partial charge < -0.3 is 10.6 Å². The fraction of sp³-hybridized carbons (Fsp3) is 1.00. The molecule has 0 spiro atoms. The Labute approximate surface area is 58.0 Å². The highest BCUT2D eigenvalue weighted by molar-refractivity contribution is 4.58. The number of nitrogens with one attached hydrogen (secondary N) is 2. The summed E-state index contributed by atoms with van der Waals surface area (Å²) >= 11 is 0. The van der Waals surface area contributed by atoms with Gasteiger partial charge in [-0.3, -0.25) is 0 Å². The summed E-state index contributed by atoms with van der Waals surface area (Å²) in [6.45, 7) is 8.52. The van der Waals surface area contributed by atoms with Crippen LogP contribution in [0.4, 0.5) is 0 Å². The van der Waals surface area contributed by atoms with Gasteiger partial charge in [-0.2, -0.15) is 0 Å². The highest BCUT2D eigenvalue weighted by atomic mass is 15.1. The molecule has 2 heteroatoms. The Balaban J connectivity index is 3.18. The lowest BCUT2D eigenvalue weighted by atomic mass is 10.3. The molecule has 0 rings (SSSR count). The SMILES string of the molecule is CCNC(CC)NCC. The van der Waals surface area contributed by atoms with Gasteiger partial charge in [0, 0.05) is 0 Å². The molecule has 0 bridgehead atoms. The van der Waals surface area contributed by atoms with E-state index in [9.17, 15) is 0 Å². The zero-order chi connectivity index (χ0) is 7.11. The molecule has 0 aliphatic heterocycles. The van der Waals surface area contributed by atoms with Crippen LogP contribution in [0, 0.1) is 0 Å². The molecule has 0 heterocycles. The Morgan fingerprint density at radius 2 is 1.44 bits per heavy atom. The Morgan fingerprint density at radius 1 is 1.00 bits per heavy atom. The van der Waals surface area contributed by atoms with Gasteiger partial charge in [0.15, 0.2) is 0 Å². The van der Waals surface area contributed by atoms with Gasteiger partial charge in [-0.1, -0.05) is 20.8 Å². The van der Waals surface area contributed by atoms with E-state index in [-0.39, 0.29) is 0 Å². The number of hydrogen-bond donors (Lipinski definition) is 2. The van der Waals surface area contributed by atoms with E-state index in [0.29, 0.717) is 6.17 Å². The highest BCUT2D eigenvalue weighted by Crippen LogP contribution is 1.82. The van der Waals surface area contributed by atoms with E-state index in [4.69, 9.17) is 0 Å². The minimum atomic E-state index is 0.514. The summed E-state index contributed by atoms with van der Waals surface area (Å²) in [7, 11) is 0. The predicted molar refractivity (Wildman–Crippen MR) is 41.4 cm³/mol. The van der Waals surface area contributed by atoms with Crippen LogP contribution in [0.25, 0.3) is 0 Å². The van der Waals surface area contributed by atoms with Crippen molar-refractivity contribution in [2.75, 3.05) is 13.1 Å². The molecule has 0 amide bonds. The van der Waals surface area contributed by atoms with Gasteiger partial charge in [0.05, 0.1) is 6.17 Å². The summed E-state index contributed by atoms with van der Waals surface area (Å²) in [6.07, 6.45) is 1.67. The van der Waals surface area contributed by atoms with Crippen molar-refractivity contribution in [1.29, 1.82) is 0 Å². The zero-order valence-electron chi connectivity index (χ0n) is 6.70. The third-order valence-electron chi connectivity index (χ3n) is 1.31. The molecule has 0 aliphatic rings. The Hall–Kier alpha value is -0.0800. The molecule has 0 aromatic heterocycles. The van der Waals surface area contributed by atoms with Crippen molar-refractivity contribution in [3.05, 3.63) is 0 Å². The van der Waals surface area contributed by atoms with Crippen LogP contribution in [0.2, 0.25) is 0 Å². The van der Waals surface area contributed by atoms with Crippen molar-refractivity contribution in [2.24, 2.45) is 0 Å². The summed E-state index contributed by atoms with van der Waals surface area (Å²) in [6, 6.07) is 0. The maximum Gasteiger partial charge on any atom is 0.0568 e. The first-order valence-corrected chi connectivity index (χ1v) is 3.81. The van der Waals surface area contributed by atoms with Crippen LogP contribution in [0.5, 0.6) is 0 Å². The number of hydrogen-bond acceptors (Lipinski definition) is 2. The molecule has 0 fully saturated rings. The largest absolute Gasteiger partial charge is 0.302 e. The molecular formula is C7H18N2. The van der Waals surface area contributed by atoms with Crippen LogP contribution in [0.1, 0.15) is 27.2 Å². The highest BCUT2D eigenvalue weighted by Gasteiger charge is 1.98. The first-order valence-electron chi connectivity index (χ1n) is 3.81. The van der Waals surface area contributed by atoms with Crippen LogP contribution in [0.3, 0.4) is 0 Å².